The molecule has 0 saturated carbocycles. The predicted octanol–water partition coefficient (Wildman–Crippen LogP) is 2.82. The molecule has 1 N–H and O–H groups in total. The van der Waals surface area contributed by atoms with E-state index in [1.165, 1.54) is 11.3 Å². The zero-order valence-corrected chi connectivity index (χ0v) is 11.2. The van der Waals surface area contributed by atoms with Gasteiger partial charge in [0.2, 0.25) is 0 Å². The first-order valence-corrected chi connectivity index (χ1v) is 6.03. The van der Waals surface area contributed by atoms with E-state index in [9.17, 15) is 0 Å². The van der Waals surface area contributed by atoms with E-state index in [4.69, 9.17) is 0 Å². The molecule has 1 unspecified atom stereocenters. The van der Waals surface area contributed by atoms with Crippen LogP contribution in [0, 0.1) is 11.8 Å². The number of benzene rings is 1. The molecule has 1 rings (SSSR count). The fourth-order valence-electron chi connectivity index (χ4n) is 1.84. The van der Waals surface area contributed by atoms with Crippen LogP contribution in [0.2, 0.25) is 0 Å². The Morgan fingerprint density at radius 3 is 2.71 bits per heavy atom. The number of rotatable bonds is 5. The maximum absolute atomic E-state index is 3.36. The van der Waals surface area contributed by atoms with E-state index >= 15 is 0 Å². The molecule has 0 fully saturated rings. The lowest BCUT2D eigenvalue weighted by molar-refractivity contribution is 0.558. The Labute approximate surface area is 105 Å². The number of nitrogens with zero attached hydrogens (tertiary/aromatic N) is 1. The van der Waals surface area contributed by atoms with Crippen molar-refractivity contribution in [2.75, 3.05) is 26.0 Å². The third kappa shape index (κ3) is 4.13. The first-order chi connectivity index (χ1) is 8.19. The van der Waals surface area contributed by atoms with Gasteiger partial charge in [-0.25, -0.2) is 0 Å². The molecule has 0 heterocycles. The Bertz CT molecular complexity index is 399. The molecule has 0 aliphatic rings. The Hall–Kier alpha value is -1.46. The third-order valence-corrected chi connectivity index (χ3v) is 2.87. The minimum absolute atomic E-state index is 0.385. The van der Waals surface area contributed by atoms with Gasteiger partial charge < -0.3 is 10.2 Å². The number of nitrogens with one attached hydrogen (secondary N) is 1. The van der Waals surface area contributed by atoms with Crippen molar-refractivity contribution in [2.45, 2.75) is 25.8 Å². The quantitative estimate of drug-likeness (QED) is 0.782. The van der Waals surface area contributed by atoms with Gasteiger partial charge in [-0.05, 0) is 38.1 Å². The van der Waals surface area contributed by atoms with Gasteiger partial charge in [0.05, 0.1) is 0 Å². The van der Waals surface area contributed by atoms with E-state index < -0.39 is 0 Å². The van der Waals surface area contributed by atoms with Gasteiger partial charge in [-0.15, -0.1) is 11.8 Å². The van der Waals surface area contributed by atoms with Gasteiger partial charge >= 0.3 is 0 Å². The lowest BCUT2D eigenvalue weighted by Gasteiger charge is -2.19. The molecule has 0 aromatic heterocycles. The molecule has 0 radical (unpaired) electrons. The third-order valence-electron chi connectivity index (χ3n) is 2.87. The topological polar surface area (TPSA) is 15.3 Å². The van der Waals surface area contributed by atoms with Crippen LogP contribution < -0.4 is 10.2 Å². The average Bonchev–Trinajstić information content (AvgIpc) is 2.35. The molecule has 0 aliphatic heterocycles. The lowest BCUT2D eigenvalue weighted by atomic mass is 10.0. The molecule has 0 aliphatic carbocycles. The van der Waals surface area contributed by atoms with Gasteiger partial charge in [-0.3, -0.25) is 0 Å². The summed E-state index contributed by atoms with van der Waals surface area (Å²) in [5, 5.41) is 3.36. The molecule has 2 nitrogen and oxygen atoms in total. The standard InChI is InChI=1S/C15H22N2/c1-5-6-7-11-15(16-2)13-9-8-10-14(12-13)17(3)4/h8-10,12,15-16H,7,11H2,1-4H3. The number of hydrogen-bond acceptors (Lipinski definition) is 2. The summed E-state index contributed by atoms with van der Waals surface area (Å²) < 4.78 is 0. The second-order valence-corrected chi connectivity index (χ2v) is 4.30. The summed E-state index contributed by atoms with van der Waals surface area (Å²) in [5.74, 6) is 6.06. The van der Waals surface area contributed by atoms with E-state index in [1.807, 2.05) is 14.0 Å². The predicted molar refractivity (Wildman–Crippen MR) is 75.3 cm³/mol. The van der Waals surface area contributed by atoms with Crippen LogP contribution in [0.15, 0.2) is 24.3 Å². The van der Waals surface area contributed by atoms with Gasteiger partial charge in [0.25, 0.3) is 0 Å². The van der Waals surface area contributed by atoms with Crippen LogP contribution in [0.5, 0.6) is 0 Å². The molecule has 0 saturated heterocycles. The highest BCUT2D eigenvalue weighted by molar-refractivity contribution is 5.47. The van der Waals surface area contributed by atoms with Crippen molar-refractivity contribution in [1.82, 2.24) is 5.32 Å². The van der Waals surface area contributed by atoms with Crippen molar-refractivity contribution in [2.24, 2.45) is 0 Å². The van der Waals surface area contributed by atoms with Crippen molar-refractivity contribution in [1.29, 1.82) is 0 Å². The van der Waals surface area contributed by atoms with Gasteiger partial charge in [0, 0.05) is 32.2 Å². The normalized spacial score (nSPS) is 11.5. The summed E-state index contributed by atoms with van der Waals surface area (Å²) in [6.07, 6.45) is 1.99. The summed E-state index contributed by atoms with van der Waals surface area (Å²) in [4.78, 5) is 2.13. The molecule has 1 atom stereocenters. The van der Waals surface area contributed by atoms with Crippen molar-refractivity contribution in [3.05, 3.63) is 29.8 Å². The minimum Gasteiger partial charge on any atom is -0.378 e. The highest BCUT2D eigenvalue weighted by Crippen LogP contribution is 2.22. The molecule has 0 bridgehead atoms. The average molecular weight is 230 g/mol. The highest BCUT2D eigenvalue weighted by Gasteiger charge is 2.09. The maximum atomic E-state index is 3.36. The van der Waals surface area contributed by atoms with Crippen LogP contribution in [-0.4, -0.2) is 21.1 Å². The number of hydrogen-bond donors (Lipinski definition) is 1. The molecular weight excluding hydrogens is 208 g/mol. The SMILES string of the molecule is CC#CCCC(NC)c1cccc(N(C)C)c1. The molecule has 92 valence electrons. The Morgan fingerprint density at radius 2 is 2.12 bits per heavy atom. The van der Waals surface area contributed by atoms with Crippen molar-refractivity contribution >= 4 is 5.69 Å². The lowest BCUT2D eigenvalue weighted by Crippen LogP contribution is -2.17. The van der Waals surface area contributed by atoms with Crippen LogP contribution in [-0.2, 0) is 0 Å². The van der Waals surface area contributed by atoms with Crippen LogP contribution >= 0.6 is 0 Å². The summed E-state index contributed by atoms with van der Waals surface area (Å²) in [5.41, 5.74) is 2.57. The fraction of sp³-hybridized carbons (Fsp3) is 0.467. The largest absolute Gasteiger partial charge is 0.378 e. The van der Waals surface area contributed by atoms with Gasteiger partial charge in [0.1, 0.15) is 0 Å². The van der Waals surface area contributed by atoms with E-state index in [2.05, 4.69) is 60.4 Å². The van der Waals surface area contributed by atoms with Crippen molar-refractivity contribution in [3.8, 4) is 11.8 Å². The van der Waals surface area contributed by atoms with Crippen LogP contribution in [0.3, 0.4) is 0 Å². The summed E-state index contributed by atoms with van der Waals surface area (Å²) >= 11 is 0. The Morgan fingerprint density at radius 1 is 1.35 bits per heavy atom. The zero-order chi connectivity index (χ0) is 12.7. The Balaban J connectivity index is 2.79. The van der Waals surface area contributed by atoms with Gasteiger partial charge in [-0.2, -0.15) is 0 Å². The van der Waals surface area contributed by atoms with E-state index in [0.717, 1.165) is 12.8 Å². The summed E-state index contributed by atoms with van der Waals surface area (Å²) in [6.45, 7) is 1.89. The molecular formula is C15H22N2. The summed E-state index contributed by atoms with van der Waals surface area (Å²) in [6, 6.07) is 9.03. The Kier molecular flexibility index (Phi) is 5.59. The molecule has 1 aromatic rings. The monoisotopic (exact) mass is 230 g/mol. The first kappa shape index (κ1) is 13.6. The molecule has 1 aromatic carbocycles. The highest BCUT2D eigenvalue weighted by atomic mass is 15.1. The molecule has 17 heavy (non-hydrogen) atoms. The van der Waals surface area contributed by atoms with Gasteiger partial charge in [0.15, 0.2) is 0 Å². The molecule has 0 spiro atoms. The first-order valence-electron chi connectivity index (χ1n) is 6.03. The molecule has 0 amide bonds. The van der Waals surface area contributed by atoms with E-state index in [1.54, 1.807) is 0 Å². The molecule has 2 heteroatoms. The second-order valence-electron chi connectivity index (χ2n) is 4.30. The van der Waals surface area contributed by atoms with Crippen LogP contribution in [0.25, 0.3) is 0 Å². The number of anilines is 1. The summed E-state index contributed by atoms with van der Waals surface area (Å²) in [7, 11) is 6.14. The van der Waals surface area contributed by atoms with E-state index in [-0.39, 0.29) is 0 Å². The minimum atomic E-state index is 0.385. The maximum Gasteiger partial charge on any atom is 0.0364 e. The van der Waals surface area contributed by atoms with Gasteiger partial charge in [-0.1, -0.05) is 12.1 Å². The zero-order valence-electron chi connectivity index (χ0n) is 11.2. The van der Waals surface area contributed by atoms with Crippen molar-refractivity contribution < 1.29 is 0 Å². The second kappa shape index (κ2) is 6.98. The smallest absolute Gasteiger partial charge is 0.0364 e. The van der Waals surface area contributed by atoms with Crippen LogP contribution in [0.4, 0.5) is 5.69 Å². The van der Waals surface area contributed by atoms with E-state index in [0.29, 0.717) is 6.04 Å². The van der Waals surface area contributed by atoms with Crippen molar-refractivity contribution in [3.63, 3.8) is 0 Å². The van der Waals surface area contributed by atoms with Crippen LogP contribution in [0.1, 0.15) is 31.4 Å². The fourth-order valence-corrected chi connectivity index (χ4v) is 1.84.